The van der Waals surface area contributed by atoms with Crippen LogP contribution in [-0.2, 0) is 13.7 Å². The van der Waals surface area contributed by atoms with Crippen LogP contribution in [-0.4, -0.2) is 58.4 Å². The molecule has 4 rings (SSSR count). The molecule has 40 heavy (non-hydrogen) atoms. The van der Waals surface area contributed by atoms with Crippen LogP contribution in [0.25, 0.3) is 5.57 Å². The number of anilines is 1. The number of halogens is 1. The van der Waals surface area contributed by atoms with Crippen molar-refractivity contribution in [2.45, 2.75) is 44.8 Å². The van der Waals surface area contributed by atoms with Gasteiger partial charge in [0.15, 0.2) is 0 Å². The smallest absolute Gasteiger partial charge is 0.257 e. The third-order valence-corrected chi connectivity index (χ3v) is 6.89. The summed E-state index contributed by atoms with van der Waals surface area (Å²) in [5.74, 6) is 1.89. The first-order valence-electron chi connectivity index (χ1n) is 13.3. The van der Waals surface area contributed by atoms with Gasteiger partial charge in [-0.25, -0.2) is 4.98 Å². The molecule has 1 fully saturated rings. The van der Waals surface area contributed by atoms with Crippen molar-refractivity contribution >= 4 is 42.1 Å². The number of rotatable bonds is 14. The number of nitrogens with zero attached hydrogens (tertiary/aromatic N) is 7. The van der Waals surface area contributed by atoms with Gasteiger partial charge in [-0.3, -0.25) is 19.7 Å². The summed E-state index contributed by atoms with van der Waals surface area (Å²) in [5.41, 5.74) is 7.65. The molecular weight excluding hydrogens is 530 g/mol. The first kappa shape index (κ1) is 28.9. The van der Waals surface area contributed by atoms with Crippen LogP contribution in [0.5, 0.6) is 11.6 Å². The normalized spacial score (nSPS) is 14.7. The zero-order chi connectivity index (χ0) is 28.2. The van der Waals surface area contributed by atoms with E-state index in [1.54, 1.807) is 24.7 Å². The molecule has 3 aromatic rings. The van der Waals surface area contributed by atoms with Crippen molar-refractivity contribution in [3.63, 3.8) is 0 Å². The van der Waals surface area contributed by atoms with Crippen molar-refractivity contribution in [2.24, 2.45) is 27.8 Å². The molecule has 11 nitrogen and oxygen atoms in total. The lowest BCUT2D eigenvalue weighted by Gasteiger charge is -2.21. The number of hydrogen-bond donors (Lipinski definition) is 2. The van der Waals surface area contributed by atoms with E-state index in [9.17, 15) is 0 Å². The van der Waals surface area contributed by atoms with Crippen molar-refractivity contribution in [3.8, 4) is 11.6 Å². The molecule has 212 valence electrons. The number of aryl methyl sites for hydroxylation is 1. The van der Waals surface area contributed by atoms with E-state index in [4.69, 9.17) is 31.9 Å². The minimum Gasteiger partial charge on any atom is -0.490 e. The van der Waals surface area contributed by atoms with E-state index < -0.39 is 0 Å². The average Bonchev–Trinajstić information content (AvgIpc) is 3.58. The fourth-order valence-corrected chi connectivity index (χ4v) is 4.61. The Balaban J connectivity index is 1.44. The second kappa shape index (κ2) is 14.9. The molecule has 0 saturated heterocycles. The highest BCUT2D eigenvalue weighted by Crippen LogP contribution is 2.32. The second-order valence-corrected chi connectivity index (χ2v) is 9.73. The molecule has 0 spiro atoms. The molecule has 2 heterocycles. The largest absolute Gasteiger partial charge is 0.490 e. The molecule has 0 unspecified atom stereocenters. The van der Waals surface area contributed by atoms with E-state index in [0.717, 1.165) is 35.5 Å². The van der Waals surface area contributed by atoms with Gasteiger partial charge in [-0.1, -0.05) is 36.9 Å². The van der Waals surface area contributed by atoms with E-state index in [1.165, 1.54) is 25.6 Å². The molecule has 12 heteroatoms. The summed E-state index contributed by atoms with van der Waals surface area (Å²) in [4.78, 5) is 16.8. The van der Waals surface area contributed by atoms with Crippen molar-refractivity contribution in [3.05, 3.63) is 59.4 Å². The molecule has 2 aromatic heterocycles. The minimum atomic E-state index is 0.303. The Kier molecular flexibility index (Phi) is 10.7. The summed E-state index contributed by atoms with van der Waals surface area (Å²) < 4.78 is 15.8. The Bertz CT molecular complexity index is 1340. The lowest BCUT2D eigenvalue weighted by Crippen LogP contribution is -2.13. The van der Waals surface area contributed by atoms with Crippen LogP contribution in [0.4, 0.5) is 5.69 Å². The van der Waals surface area contributed by atoms with Crippen LogP contribution in [0.2, 0.25) is 5.02 Å². The van der Waals surface area contributed by atoms with Gasteiger partial charge in [0.25, 0.3) is 5.88 Å². The van der Waals surface area contributed by atoms with E-state index in [0.29, 0.717) is 49.1 Å². The zero-order valence-electron chi connectivity index (χ0n) is 22.7. The number of hydrogen-bond acceptors (Lipinski definition) is 8. The van der Waals surface area contributed by atoms with Gasteiger partial charge in [0.05, 0.1) is 30.1 Å². The van der Waals surface area contributed by atoms with Crippen molar-refractivity contribution in [2.75, 3.05) is 25.1 Å². The van der Waals surface area contributed by atoms with Crippen LogP contribution < -0.4 is 20.5 Å². The second-order valence-electron chi connectivity index (χ2n) is 9.33. The maximum Gasteiger partial charge on any atom is 0.257 e. The Morgan fingerprint density at radius 1 is 1.25 bits per heavy atom. The molecule has 0 atom stereocenters. The Morgan fingerprint density at radius 2 is 2.10 bits per heavy atom. The number of ether oxygens (including phenoxy) is 2. The van der Waals surface area contributed by atoms with Crippen LogP contribution in [0.3, 0.4) is 0 Å². The monoisotopic (exact) mass is 565 g/mol. The quantitative estimate of drug-likeness (QED) is 0.162. The number of nitrogens with two attached hydrogens (primary N) is 1. The van der Waals surface area contributed by atoms with Gasteiger partial charge < -0.3 is 25.1 Å². The minimum absolute atomic E-state index is 0.303. The van der Waals surface area contributed by atoms with Crippen molar-refractivity contribution in [1.29, 1.82) is 0 Å². The number of aromatic nitrogens is 4. The summed E-state index contributed by atoms with van der Waals surface area (Å²) in [6.45, 7) is 5.01. The Morgan fingerprint density at radius 3 is 2.85 bits per heavy atom. The first-order chi connectivity index (χ1) is 19.6. The van der Waals surface area contributed by atoms with Gasteiger partial charge in [0, 0.05) is 37.4 Å². The highest BCUT2D eigenvalue weighted by Gasteiger charge is 2.20. The van der Waals surface area contributed by atoms with Crippen LogP contribution in [0.1, 0.15) is 49.5 Å². The van der Waals surface area contributed by atoms with E-state index in [2.05, 4.69) is 32.0 Å². The van der Waals surface area contributed by atoms with E-state index in [-0.39, 0.29) is 0 Å². The van der Waals surface area contributed by atoms with Gasteiger partial charge in [0.1, 0.15) is 37.1 Å². The van der Waals surface area contributed by atoms with Crippen LogP contribution >= 0.6 is 11.6 Å². The maximum atomic E-state index is 6.31. The van der Waals surface area contributed by atoms with Gasteiger partial charge in [0.2, 0.25) is 0 Å². The van der Waals surface area contributed by atoms with Crippen molar-refractivity contribution < 1.29 is 9.47 Å². The molecule has 1 aromatic carbocycles. The highest BCUT2D eigenvalue weighted by atomic mass is 35.5. The fraction of sp³-hybridized carbons (Fsp3) is 0.393. The predicted molar refractivity (Wildman–Crippen MR) is 161 cm³/mol. The number of imidazole rings is 1. The van der Waals surface area contributed by atoms with Gasteiger partial charge in [-0.15, -0.1) is 5.10 Å². The molecule has 3 N–H and O–H groups in total. The highest BCUT2D eigenvalue weighted by molar-refractivity contribution is 6.32. The molecule has 1 aliphatic rings. The van der Waals surface area contributed by atoms with Crippen molar-refractivity contribution in [1.82, 2.24) is 19.3 Å². The molecule has 0 radical (unpaired) electrons. The number of benzene rings is 1. The van der Waals surface area contributed by atoms with E-state index >= 15 is 0 Å². The molecular formula is C28H36ClN9O2. The Hall–Kier alpha value is -4.12. The molecule has 0 bridgehead atoms. The standard InChI is InChI=1S/C28H36ClN9O2/c1-31-15-22(21-8-9-24(29)26(14-21)39-13-11-32-19-30)16-33-20-35-25-17-38(23-6-4-3-5-7-23)36-28(25)40-18-27-34-10-12-37(27)2/h8-10,12,14-17,19,23,35H,1,3-7,11,13,18,20H2,2H3,(H2,30,32)/b22-15+,33-16?. The topological polar surface area (TPSA) is 129 Å². The molecule has 1 aliphatic carbocycles. The fourth-order valence-electron chi connectivity index (χ4n) is 4.44. The molecule has 0 amide bonds. The molecule has 0 aliphatic heterocycles. The first-order valence-corrected chi connectivity index (χ1v) is 13.7. The summed E-state index contributed by atoms with van der Waals surface area (Å²) in [6.07, 6.45) is 16.2. The summed E-state index contributed by atoms with van der Waals surface area (Å²) >= 11 is 6.31. The maximum absolute atomic E-state index is 6.31. The molecule has 1 saturated carbocycles. The lowest BCUT2D eigenvalue weighted by molar-refractivity contribution is 0.267. The third kappa shape index (κ3) is 7.95. The van der Waals surface area contributed by atoms with Gasteiger partial charge in [-0.2, -0.15) is 0 Å². The summed E-state index contributed by atoms with van der Waals surface area (Å²) in [5, 5.41) is 8.62. The van der Waals surface area contributed by atoms with Crippen LogP contribution in [0, 0.1) is 0 Å². The average molecular weight is 566 g/mol. The Labute approximate surface area is 239 Å². The number of allylic oxidation sites excluding steroid dienone is 1. The van der Waals surface area contributed by atoms with Gasteiger partial charge in [-0.05, 0) is 37.3 Å². The SMILES string of the molecule is C=N/C=C(\C=NCNc1cn(C2CCCCC2)nc1OCc1nccn1C)c1ccc(Cl)c(OCCN=CN)c1. The van der Waals surface area contributed by atoms with E-state index in [1.807, 2.05) is 40.8 Å². The summed E-state index contributed by atoms with van der Waals surface area (Å²) in [6, 6.07) is 5.86. The zero-order valence-corrected chi connectivity index (χ0v) is 23.5. The van der Waals surface area contributed by atoms with Crippen LogP contribution in [0.15, 0.2) is 58.0 Å². The number of nitrogens with one attached hydrogen (secondary N) is 1. The lowest BCUT2D eigenvalue weighted by atomic mass is 9.96. The predicted octanol–water partition coefficient (Wildman–Crippen LogP) is 4.90. The third-order valence-electron chi connectivity index (χ3n) is 6.58. The summed E-state index contributed by atoms with van der Waals surface area (Å²) in [7, 11) is 1.94. The number of aliphatic imine (C=N–C) groups is 3. The van der Waals surface area contributed by atoms with Gasteiger partial charge >= 0.3 is 0 Å².